The lowest BCUT2D eigenvalue weighted by molar-refractivity contribution is 0.263. The van der Waals surface area contributed by atoms with Crippen molar-refractivity contribution in [3.63, 3.8) is 0 Å². The number of ether oxygens (including phenoxy) is 3. The van der Waals surface area contributed by atoms with Crippen LogP contribution in [-0.4, -0.2) is 25.7 Å². The summed E-state index contributed by atoms with van der Waals surface area (Å²) in [6.07, 6.45) is 0.763. The summed E-state index contributed by atoms with van der Waals surface area (Å²) in [6, 6.07) is 3.84. The first-order chi connectivity index (χ1) is 9.78. The first kappa shape index (κ1) is 14.6. The summed E-state index contributed by atoms with van der Waals surface area (Å²) in [7, 11) is 3.22. The third-order valence-corrected chi connectivity index (χ3v) is 3.44. The smallest absolute Gasteiger partial charge is 0.203 e. The van der Waals surface area contributed by atoms with Crippen LogP contribution in [0.15, 0.2) is 23.0 Å². The molecule has 1 heterocycles. The van der Waals surface area contributed by atoms with Gasteiger partial charge in [-0.3, -0.25) is 0 Å². The third kappa shape index (κ3) is 3.40. The highest BCUT2D eigenvalue weighted by Gasteiger charge is 2.14. The monoisotopic (exact) mass is 294 g/mol. The van der Waals surface area contributed by atoms with Crippen molar-refractivity contribution < 1.29 is 14.2 Å². The lowest BCUT2D eigenvalue weighted by atomic mass is 10.1. The zero-order chi connectivity index (χ0) is 14.4. The van der Waals surface area contributed by atoms with Crippen LogP contribution in [0.5, 0.6) is 17.2 Å². The van der Waals surface area contributed by atoms with Gasteiger partial charge in [-0.2, -0.15) is 0 Å². The maximum Gasteiger partial charge on any atom is 0.203 e. The Hall–Kier alpha value is -1.79. The van der Waals surface area contributed by atoms with Gasteiger partial charge in [0.05, 0.1) is 25.4 Å². The molecule has 0 aliphatic heterocycles. The van der Waals surface area contributed by atoms with E-state index < -0.39 is 0 Å². The normalized spacial score (nSPS) is 10.3. The number of methoxy groups -OCH3 is 2. The van der Waals surface area contributed by atoms with E-state index in [0.717, 1.165) is 17.7 Å². The maximum absolute atomic E-state index is 5.79. The third-order valence-electron chi connectivity index (χ3n) is 2.80. The predicted molar refractivity (Wildman–Crippen MR) is 78.8 cm³/mol. The van der Waals surface area contributed by atoms with Crippen LogP contribution < -0.4 is 19.9 Å². The number of hydrogen-bond donors (Lipinski definition) is 1. The van der Waals surface area contributed by atoms with Crippen molar-refractivity contribution in [3.05, 3.63) is 34.3 Å². The Balaban J connectivity index is 2.24. The zero-order valence-electron chi connectivity index (χ0n) is 11.6. The van der Waals surface area contributed by atoms with Crippen LogP contribution in [0.1, 0.15) is 11.3 Å². The average Bonchev–Trinajstić information content (AvgIpc) is 2.98. The Morgan fingerprint density at radius 2 is 1.90 bits per heavy atom. The molecule has 0 spiro atoms. The number of hydrogen-bond acceptors (Lipinski definition) is 6. The molecular formula is C14H18N2O3S. The molecule has 0 radical (unpaired) electrons. The Kier molecular flexibility index (Phi) is 5.20. The van der Waals surface area contributed by atoms with Crippen LogP contribution in [0.2, 0.25) is 0 Å². The number of nitrogens with zero attached hydrogens (tertiary/aromatic N) is 1. The minimum absolute atomic E-state index is 0.381. The Morgan fingerprint density at radius 1 is 1.20 bits per heavy atom. The van der Waals surface area contributed by atoms with Crippen LogP contribution in [-0.2, 0) is 13.0 Å². The summed E-state index contributed by atoms with van der Waals surface area (Å²) in [5.74, 6) is 1.87. The molecule has 0 amide bonds. The summed E-state index contributed by atoms with van der Waals surface area (Å²) >= 11 is 1.54. The van der Waals surface area contributed by atoms with Gasteiger partial charge in [-0.1, -0.05) is 0 Å². The first-order valence-corrected chi connectivity index (χ1v) is 7.17. The molecule has 0 atom stereocenters. The second kappa shape index (κ2) is 7.12. The molecule has 0 saturated heterocycles. The zero-order valence-corrected chi connectivity index (χ0v) is 12.4. The van der Waals surface area contributed by atoms with Gasteiger partial charge in [0, 0.05) is 5.38 Å². The van der Waals surface area contributed by atoms with Crippen LogP contribution in [0.3, 0.4) is 0 Å². The van der Waals surface area contributed by atoms with Crippen molar-refractivity contribution >= 4 is 11.3 Å². The van der Waals surface area contributed by atoms with Gasteiger partial charge in [-0.25, -0.2) is 4.98 Å². The molecular weight excluding hydrogens is 276 g/mol. The highest BCUT2D eigenvalue weighted by atomic mass is 32.1. The van der Waals surface area contributed by atoms with Crippen LogP contribution >= 0.6 is 11.3 Å². The van der Waals surface area contributed by atoms with Gasteiger partial charge in [0.2, 0.25) is 5.75 Å². The molecule has 6 heteroatoms. The van der Waals surface area contributed by atoms with E-state index >= 15 is 0 Å². The Morgan fingerprint density at radius 3 is 2.40 bits per heavy atom. The van der Waals surface area contributed by atoms with Gasteiger partial charge in [0.1, 0.15) is 6.61 Å². The molecule has 2 aromatic rings. The average molecular weight is 294 g/mol. The highest BCUT2D eigenvalue weighted by molar-refractivity contribution is 7.07. The molecule has 0 fully saturated rings. The molecule has 0 bridgehead atoms. The standard InChI is InChI=1S/C14H18N2O3S/c1-17-12-5-10(3-4-15)6-13(18-2)14(12)19-7-11-8-20-9-16-11/h5-6,8-9H,3-4,7,15H2,1-2H3. The Labute approximate surface area is 122 Å². The van der Waals surface area contributed by atoms with E-state index in [2.05, 4.69) is 4.98 Å². The lowest BCUT2D eigenvalue weighted by Crippen LogP contribution is -2.05. The number of benzene rings is 1. The van der Waals surface area contributed by atoms with E-state index in [0.29, 0.717) is 30.4 Å². The van der Waals surface area contributed by atoms with E-state index in [1.807, 2.05) is 17.5 Å². The van der Waals surface area contributed by atoms with Gasteiger partial charge in [0.25, 0.3) is 0 Å². The molecule has 2 rings (SSSR count). The highest BCUT2D eigenvalue weighted by Crippen LogP contribution is 2.39. The molecule has 0 aliphatic carbocycles. The predicted octanol–water partition coefficient (Wildman–Crippen LogP) is 2.24. The molecule has 20 heavy (non-hydrogen) atoms. The molecule has 0 aliphatic rings. The SMILES string of the molecule is COc1cc(CCN)cc(OC)c1OCc1cscn1. The fourth-order valence-electron chi connectivity index (χ4n) is 1.84. The number of thiazole rings is 1. The number of rotatable bonds is 7. The summed E-state index contributed by atoms with van der Waals surface area (Å²) in [6.45, 7) is 0.956. The van der Waals surface area contributed by atoms with Gasteiger partial charge in [0.15, 0.2) is 11.5 Å². The molecule has 1 aromatic carbocycles. The van der Waals surface area contributed by atoms with Gasteiger partial charge < -0.3 is 19.9 Å². The minimum Gasteiger partial charge on any atom is -0.493 e. The summed E-state index contributed by atoms with van der Waals surface area (Å²) < 4.78 is 16.6. The Bertz CT molecular complexity index is 518. The second-order valence-electron chi connectivity index (χ2n) is 4.14. The van der Waals surface area contributed by atoms with Crippen molar-refractivity contribution in [2.24, 2.45) is 5.73 Å². The lowest BCUT2D eigenvalue weighted by Gasteiger charge is -2.15. The van der Waals surface area contributed by atoms with Crippen LogP contribution in [0.4, 0.5) is 0 Å². The fraction of sp³-hybridized carbons (Fsp3) is 0.357. The van der Waals surface area contributed by atoms with Crippen LogP contribution in [0.25, 0.3) is 0 Å². The molecule has 0 unspecified atom stereocenters. The van der Waals surface area contributed by atoms with Crippen LogP contribution in [0, 0.1) is 0 Å². The van der Waals surface area contributed by atoms with E-state index in [4.69, 9.17) is 19.9 Å². The molecule has 2 N–H and O–H groups in total. The first-order valence-electron chi connectivity index (χ1n) is 6.23. The summed E-state index contributed by atoms with van der Waals surface area (Å²) in [4.78, 5) is 4.18. The molecule has 1 aromatic heterocycles. The fourth-order valence-corrected chi connectivity index (χ4v) is 2.39. The summed E-state index contributed by atoms with van der Waals surface area (Å²) in [5.41, 5.74) is 9.30. The minimum atomic E-state index is 0.381. The van der Waals surface area contributed by atoms with Crippen molar-refractivity contribution in [3.8, 4) is 17.2 Å². The second-order valence-corrected chi connectivity index (χ2v) is 4.86. The molecule has 5 nitrogen and oxygen atoms in total. The number of nitrogens with two attached hydrogens (primary N) is 1. The number of aromatic nitrogens is 1. The van der Waals surface area contributed by atoms with Crippen molar-refractivity contribution in [1.82, 2.24) is 4.98 Å². The summed E-state index contributed by atoms with van der Waals surface area (Å²) in [5, 5.41) is 1.95. The quantitative estimate of drug-likeness (QED) is 0.848. The topological polar surface area (TPSA) is 66.6 Å². The van der Waals surface area contributed by atoms with E-state index in [1.165, 1.54) is 11.3 Å². The largest absolute Gasteiger partial charge is 0.493 e. The maximum atomic E-state index is 5.79. The van der Waals surface area contributed by atoms with Gasteiger partial charge in [-0.05, 0) is 30.7 Å². The van der Waals surface area contributed by atoms with E-state index in [9.17, 15) is 0 Å². The van der Waals surface area contributed by atoms with E-state index in [-0.39, 0.29) is 0 Å². The van der Waals surface area contributed by atoms with Crippen molar-refractivity contribution in [2.45, 2.75) is 13.0 Å². The van der Waals surface area contributed by atoms with Gasteiger partial charge >= 0.3 is 0 Å². The van der Waals surface area contributed by atoms with Crippen molar-refractivity contribution in [1.29, 1.82) is 0 Å². The van der Waals surface area contributed by atoms with Crippen molar-refractivity contribution in [2.75, 3.05) is 20.8 Å². The van der Waals surface area contributed by atoms with E-state index in [1.54, 1.807) is 19.7 Å². The molecule has 0 saturated carbocycles. The van der Waals surface area contributed by atoms with Gasteiger partial charge in [-0.15, -0.1) is 11.3 Å². The molecule has 108 valence electrons.